The van der Waals surface area contributed by atoms with Crippen LogP contribution in [0, 0.1) is 11.8 Å². The summed E-state index contributed by atoms with van der Waals surface area (Å²) in [6, 6.07) is 36.4. The van der Waals surface area contributed by atoms with Gasteiger partial charge in [0.05, 0.1) is 0 Å². The van der Waals surface area contributed by atoms with Crippen molar-refractivity contribution in [2.75, 3.05) is 0 Å². The molecule has 0 nitrogen and oxygen atoms in total. The third-order valence-corrected chi connectivity index (χ3v) is 22.6. The van der Waals surface area contributed by atoms with Crippen molar-refractivity contribution in [3.63, 3.8) is 0 Å². The molecule has 2 atom stereocenters. The maximum Gasteiger partial charge on any atom is -1.00 e. The molecule has 3 aliphatic rings. The minimum atomic E-state index is -2.73. The topological polar surface area (TPSA) is 0 Å². The Kier molecular flexibility index (Phi) is 8.74. The molecule has 4 aromatic carbocycles. The second-order valence-electron chi connectivity index (χ2n) is 12.5. The van der Waals surface area contributed by atoms with Crippen LogP contribution in [0.5, 0.6) is 0 Å². The van der Waals surface area contributed by atoms with Crippen LogP contribution in [0.15, 0.2) is 108 Å². The summed E-state index contributed by atoms with van der Waals surface area (Å²) < 4.78 is 4.36. The van der Waals surface area contributed by atoms with Crippen molar-refractivity contribution < 1.29 is 45.1 Å². The van der Waals surface area contributed by atoms with Crippen molar-refractivity contribution in [1.29, 1.82) is 0 Å². The molecule has 41 heavy (non-hydrogen) atoms. The van der Waals surface area contributed by atoms with Crippen molar-refractivity contribution in [2.45, 2.75) is 43.2 Å². The average molecular weight is 657 g/mol. The van der Waals surface area contributed by atoms with E-state index in [0.29, 0.717) is 19.1 Å². The molecular weight excluding hydrogens is 619 g/mol. The van der Waals surface area contributed by atoms with Crippen molar-refractivity contribution >= 4 is 12.2 Å². The third-order valence-electron chi connectivity index (χ3n) is 9.67. The van der Waals surface area contributed by atoms with E-state index < -0.39 is 20.3 Å². The first-order valence-corrected chi connectivity index (χ1v) is 21.1. The molecule has 1 heterocycles. The van der Waals surface area contributed by atoms with Crippen LogP contribution < -0.4 is 24.8 Å². The van der Waals surface area contributed by atoms with Crippen LogP contribution in [0.4, 0.5) is 0 Å². The minimum Gasteiger partial charge on any atom is -1.00 e. The number of allylic oxidation sites excluding steroid dienone is 2. The second kappa shape index (κ2) is 11.8. The molecule has 4 aromatic rings. The van der Waals surface area contributed by atoms with E-state index in [2.05, 4.69) is 137 Å². The van der Waals surface area contributed by atoms with Crippen LogP contribution in [0.1, 0.15) is 57.2 Å². The smallest absolute Gasteiger partial charge is 1.00 e. The van der Waals surface area contributed by atoms with Gasteiger partial charge in [-0.05, 0) is 0 Å². The van der Waals surface area contributed by atoms with Gasteiger partial charge in [0.1, 0.15) is 0 Å². The summed E-state index contributed by atoms with van der Waals surface area (Å²) in [4.78, 5) is 0. The Balaban J connectivity index is 0.00000169. The number of hydrogen-bond acceptors (Lipinski definition) is 0. The van der Waals surface area contributed by atoms with Crippen molar-refractivity contribution in [2.24, 2.45) is 11.8 Å². The van der Waals surface area contributed by atoms with Gasteiger partial charge < -0.3 is 24.8 Å². The zero-order valence-corrected chi connectivity index (χ0v) is 28.3. The van der Waals surface area contributed by atoms with Crippen LogP contribution in [-0.2, 0) is 20.3 Å². The van der Waals surface area contributed by atoms with Crippen LogP contribution in [0.25, 0.3) is 34.4 Å². The van der Waals surface area contributed by atoms with E-state index in [4.69, 9.17) is 0 Å². The first-order chi connectivity index (χ1) is 19.0. The molecule has 208 valence electrons. The number of halogens is 2. The molecule has 2 aliphatic carbocycles. The summed E-state index contributed by atoms with van der Waals surface area (Å²) in [5, 5.41) is 0. The maximum atomic E-state index is 2.62. The molecular formula is C38H38Cl2Zr. The zero-order chi connectivity index (χ0) is 26.7. The first kappa shape index (κ1) is 30.3. The van der Waals surface area contributed by atoms with Gasteiger partial charge in [-0.3, -0.25) is 0 Å². The molecule has 0 N–H and O–H groups in total. The quantitative estimate of drug-likeness (QED) is 0.277. The Hall–Kier alpha value is -2.18. The number of benzene rings is 4. The minimum absolute atomic E-state index is 0. The molecule has 1 saturated heterocycles. The second-order valence-corrected chi connectivity index (χ2v) is 23.9. The van der Waals surface area contributed by atoms with Crippen LogP contribution in [0.2, 0.25) is 8.26 Å². The number of hydrogen-bond donors (Lipinski definition) is 0. The van der Waals surface area contributed by atoms with Crippen LogP contribution >= 0.6 is 0 Å². The molecule has 0 amide bonds. The van der Waals surface area contributed by atoms with Gasteiger partial charge in [-0.2, -0.15) is 0 Å². The normalized spacial score (nSPS) is 18.8. The fourth-order valence-corrected chi connectivity index (χ4v) is 25.9. The third kappa shape index (κ3) is 4.97. The SMILES string of the molecule is CC(C)C1=Cc2c(-c3ccccc3)cccc2[CH]1[Zr+2]1([CH]2C(C(C)C)=Cc3c(-c4ccccc4)cccc32)[CH2][CH2]1.[Cl-].[Cl-]. The predicted molar refractivity (Wildman–Crippen MR) is 164 cm³/mol. The molecule has 0 saturated carbocycles. The number of fused-ring (bicyclic) bond motifs is 2. The van der Waals surface area contributed by atoms with E-state index in [1.165, 1.54) is 41.6 Å². The average Bonchev–Trinajstić information content (AvgIpc) is 3.47. The Morgan fingerprint density at radius 3 is 1.24 bits per heavy atom. The van der Waals surface area contributed by atoms with Crippen molar-refractivity contribution in [3.05, 3.63) is 130 Å². The van der Waals surface area contributed by atoms with E-state index in [9.17, 15) is 0 Å². The molecule has 0 radical (unpaired) electrons. The summed E-state index contributed by atoms with van der Waals surface area (Å²) in [7, 11) is 0. The molecule has 1 aliphatic heterocycles. The summed E-state index contributed by atoms with van der Waals surface area (Å²) in [6.45, 7) is 9.74. The van der Waals surface area contributed by atoms with Gasteiger partial charge >= 0.3 is 240 Å². The Morgan fingerprint density at radius 2 is 0.902 bits per heavy atom. The Morgan fingerprint density at radius 1 is 0.512 bits per heavy atom. The fraction of sp³-hybridized carbons (Fsp3) is 0.263. The molecule has 7 rings (SSSR count). The van der Waals surface area contributed by atoms with E-state index in [1.807, 2.05) is 0 Å². The fourth-order valence-electron chi connectivity index (χ4n) is 7.76. The molecule has 0 aromatic heterocycles. The van der Waals surface area contributed by atoms with Gasteiger partial charge in [0.2, 0.25) is 0 Å². The standard InChI is InChI=1S/2C18H17.C2H4.2ClH.Zr/c2*1-13(2)16-11-15-9-6-10-17(18(15)12-16)14-7-4-3-5-8-14;1-2;;;/h2*3-13H,1-2H3;1-2H2;2*1H;/q;;;;;+2/p-2. The molecule has 3 heteroatoms. The van der Waals surface area contributed by atoms with Gasteiger partial charge in [-0.15, -0.1) is 0 Å². The summed E-state index contributed by atoms with van der Waals surface area (Å²) in [5.41, 5.74) is 15.2. The van der Waals surface area contributed by atoms with Crippen LogP contribution in [-0.4, -0.2) is 0 Å². The van der Waals surface area contributed by atoms with Gasteiger partial charge in [0, 0.05) is 0 Å². The monoisotopic (exact) mass is 654 g/mol. The van der Waals surface area contributed by atoms with Gasteiger partial charge in [-0.1, -0.05) is 0 Å². The summed E-state index contributed by atoms with van der Waals surface area (Å²) in [6.07, 6.45) is 5.25. The summed E-state index contributed by atoms with van der Waals surface area (Å²) >= 11 is -2.73. The van der Waals surface area contributed by atoms with Gasteiger partial charge in [0.15, 0.2) is 0 Å². The van der Waals surface area contributed by atoms with Gasteiger partial charge in [0.25, 0.3) is 0 Å². The largest absolute Gasteiger partial charge is 1.00 e. The van der Waals surface area contributed by atoms with Gasteiger partial charge in [-0.25, -0.2) is 0 Å². The Labute approximate surface area is 263 Å². The van der Waals surface area contributed by atoms with Crippen molar-refractivity contribution in [3.8, 4) is 22.3 Å². The van der Waals surface area contributed by atoms with E-state index >= 15 is 0 Å². The first-order valence-electron chi connectivity index (χ1n) is 14.8. The van der Waals surface area contributed by atoms with E-state index in [1.54, 1.807) is 22.3 Å². The van der Waals surface area contributed by atoms with Crippen molar-refractivity contribution in [1.82, 2.24) is 0 Å². The van der Waals surface area contributed by atoms with E-state index in [-0.39, 0.29) is 24.8 Å². The molecule has 0 spiro atoms. The Bertz CT molecular complexity index is 1490. The number of rotatable bonds is 6. The predicted octanol–water partition coefficient (Wildman–Crippen LogP) is 4.92. The summed E-state index contributed by atoms with van der Waals surface area (Å²) in [5.74, 6) is 1.14. The van der Waals surface area contributed by atoms with Crippen LogP contribution in [0.3, 0.4) is 0 Å². The van der Waals surface area contributed by atoms with E-state index in [0.717, 1.165) is 0 Å². The molecule has 2 unspecified atom stereocenters. The molecule has 0 bridgehead atoms. The zero-order valence-electron chi connectivity index (χ0n) is 24.4. The maximum absolute atomic E-state index is 2.73. The molecule has 1 fully saturated rings.